The molecule has 1 aliphatic rings. The van der Waals surface area contributed by atoms with Crippen LogP contribution >= 0.6 is 23.4 Å². The Balaban J connectivity index is 1.78. The van der Waals surface area contributed by atoms with E-state index in [2.05, 4.69) is 12.2 Å². The smallest absolute Gasteiger partial charge is 0.230 e. The molecule has 0 heterocycles. The lowest BCUT2D eigenvalue weighted by atomic mass is 9.86. The Morgan fingerprint density at radius 2 is 2.21 bits per heavy atom. The summed E-state index contributed by atoms with van der Waals surface area (Å²) in [6.45, 7) is 2.23. The molecule has 2 atom stereocenters. The number of thioether (sulfide) groups is 1. The van der Waals surface area contributed by atoms with Gasteiger partial charge in [0.15, 0.2) is 0 Å². The second kappa shape index (κ2) is 7.20. The molecule has 0 aliphatic heterocycles. The molecule has 0 saturated heterocycles. The van der Waals surface area contributed by atoms with E-state index in [0.29, 0.717) is 22.7 Å². The van der Waals surface area contributed by atoms with Gasteiger partial charge in [0.2, 0.25) is 5.91 Å². The number of hydrogen-bond donors (Lipinski definition) is 1. The summed E-state index contributed by atoms with van der Waals surface area (Å²) in [4.78, 5) is 13.0. The normalized spacial score (nSPS) is 23.1. The molecule has 1 aliphatic carbocycles. The quantitative estimate of drug-likeness (QED) is 0.847. The van der Waals surface area contributed by atoms with Crippen LogP contribution in [0.1, 0.15) is 32.6 Å². The van der Waals surface area contributed by atoms with Crippen LogP contribution < -0.4 is 5.32 Å². The molecule has 0 radical (unpaired) electrons. The Morgan fingerprint density at radius 3 is 2.95 bits per heavy atom. The van der Waals surface area contributed by atoms with Crippen molar-refractivity contribution in [2.24, 2.45) is 5.92 Å². The van der Waals surface area contributed by atoms with E-state index in [-0.39, 0.29) is 5.91 Å². The molecule has 0 spiro atoms. The zero-order chi connectivity index (χ0) is 13.7. The maximum atomic E-state index is 12.0. The van der Waals surface area contributed by atoms with Crippen molar-refractivity contribution in [1.29, 1.82) is 0 Å². The summed E-state index contributed by atoms with van der Waals surface area (Å²) in [6.07, 6.45) is 4.88. The van der Waals surface area contributed by atoms with Crippen LogP contribution in [-0.4, -0.2) is 17.7 Å². The zero-order valence-electron chi connectivity index (χ0n) is 11.2. The van der Waals surface area contributed by atoms with Gasteiger partial charge in [-0.15, -0.1) is 11.8 Å². The van der Waals surface area contributed by atoms with Crippen LogP contribution in [0.4, 0.5) is 0 Å². The minimum Gasteiger partial charge on any atom is -0.352 e. The molecule has 1 saturated carbocycles. The summed E-state index contributed by atoms with van der Waals surface area (Å²) in [5.41, 5.74) is 0. The van der Waals surface area contributed by atoms with Crippen molar-refractivity contribution >= 4 is 29.3 Å². The molecule has 0 unspecified atom stereocenters. The molecule has 4 heteroatoms. The molecule has 2 nitrogen and oxygen atoms in total. The number of rotatable bonds is 4. The SMILES string of the molecule is C[C@@H]1CCCC[C@H]1NC(=O)CSc1cccc(Cl)c1. The Morgan fingerprint density at radius 1 is 1.42 bits per heavy atom. The molecule has 104 valence electrons. The largest absolute Gasteiger partial charge is 0.352 e. The molecular formula is C15H20ClNOS. The van der Waals surface area contributed by atoms with Crippen molar-refractivity contribution in [1.82, 2.24) is 5.32 Å². The van der Waals surface area contributed by atoms with E-state index in [4.69, 9.17) is 11.6 Å². The summed E-state index contributed by atoms with van der Waals surface area (Å²) in [5.74, 6) is 1.20. The molecule has 1 aromatic carbocycles. The number of halogens is 1. The highest BCUT2D eigenvalue weighted by molar-refractivity contribution is 8.00. The second-order valence-electron chi connectivity index (χ2n) is 5.18. The van der Waals surface area contributed by atoms with E-state index < -0.39 is 0 Å². The molecule has 0 aromatic heterocycles. The van der Waals surface area contributed by atoms with E-state index in [1.54, 1.807) is 0 Å². The lowest BCUT2D eigenvalue weighted by Crippen LogP contribution is -2.41. The minimum atomic E-state index is 0.128. The van der Waals surface area contributed by atoms with Crippen molar-refractivity contribution in [2.75, 3.05) is 5.75 Å². The van der Waals surface area contributed by atoms with Crippen LogP contribution in [0.15, 0.2) is 29.2 Å². The fourth-order valence-electron chi connectivity index (χ4n) is 2.48. The Hall–Kier alpha value is -0.670. The van der Waals surface area contributed by atoms with Crippen molar-refractivity contribution in [3.05, 3.63) is 29.3 Å². The second-order valence-corrected chi connectivity index (χ2v) is 6.67. The van der Waals surface area contributed by atoms with E-state index >= 15 is 0 Å². The van der Waals surface area contributed by atoms with Crippen LogP contribution in [0.3, 0.4) is 0 Å². The lowest BCUT2D eigenvalue weighted by molar-refractivity contribution is -0.119. The average molecular weight is 298 g/mol. The number of hydrogen-bond acceptors (Lipinski definition) is 2. The van der Waals surface area contributed by atoms with Gasteiger partial charge in [-0.05, 0) is 37.0 Å². The van der Waals surface area contributed by atoms with Crippen molar-refractivity contribution in [3.8, 4) is 0 Å². The van der Waals surface area contributed by atoms with E-state index in [1.165, 1.54) is 31.0 Å². The number of carbonyl (C=O) groups excluding carboxylic acids is 1. The van der Waals surface area contributed by atoms with Gasteiger partial charge in [0.1, 0.15) is 0 Å². The topological polar surface area (TPSA) is 29.1 Å². The minimum absolute atomic E-state index is 0.128. The van der Waals surface area contributed by atoms with E-state index in [0.717, 1.165) is 11.3 Å². The third-order valence-electron chi connectivity index (χ3n) is 3.62. The first kappa shape index (κ1) is 14.7. The Kier molecular flexibility index (Phi) is 5.59. The molecule has 1 aromatic rings. The fraction of sp³-hybridized carbons (Fsp3) is 0.533. The highest BCUT2D eigenvalue weighted by atomic mass is 35.5. The zero-order valence-corrected chi connectivity index (χ0v) is 12.8. The first-order valence-corrected chi connectivity index (χ1v) is 8.19. The van der Waals surface area contributed by atoms with Crippen LogP contribution in [-0.2, 0) is 4.79 Å². The van der Waals surface area contributed by atoms with E-state index in [1.807, 2.05) is 24.3 Å². The number of carbonyl (C=O) groups is 1. The third-order valence-corrected chi connectivity index (χ3v) is 4.85. The van der Waals surface area contributed by atoms with Gasteiger partial charge >= 0.3 is 0 Å². The monoisotopic (exact) mass is 297 g/mol. The summed E-state index contributed by atoms with van der Waals surface area (Å²) < 4.78 is 0. The molecule has 0 bridgehead atoms. The summed E-state index contributed by atoms with van der Waals surface area (Å²) in [7, 11) is 0. The molecule has 1 amide bonds. The summed E-state index contributed by atoms with van der Waals surface area (Å²) in [6, 6.07) is 7.98. The fourth-order valence-corrected chi connectivity index (χ4v) is 3.51. The predicted molar refractivity (Wildman–Crippen MR) is 81.7 cm³/mol. The van der Waals surface area contributed by atoms with Crippen molar-refractivity contribution in [3.63, 3.8) is 0 Å². The van der Waals surface area contributed by atoms with Gasteiger partial charge in [-0.3, -0.25) is 4.79 Å². The molecule has 1 N–H and O–H groups in total. The average Bonchev–Trinajstić information content (AvgIpc) is 2.39. The Bertz CT molecular complexity index is 438. The first-order valence-electron chi connectivity index (χ1n) is 6.83. The standard InChI is InChI=1S/C15H20ClNOS/c1-11-5-2-3-8-14(11)17-15(18)10-19-13-7-4-6-12(16)9-13/h4,6-7,9,11,14H,2-3,5,8,10H2,1H3,(H,17,18)/t11-,14-/m1/s1. The highest BCUT2D eigenvalue weighted by Gasteiger charge is 2.22. The van der Waals surface area contributed by atoms with Crippen LogP contribution in [0.2, 0.25) is 5.02 Å². The molecule has 19 heavy (non-hydrogen) atoms. The van der Waals surface area contributed by atoms with Gasteiger partial charge in [-0.1, -0.05) is 37.4 Å². The van der Waals surface area contributed by atoms with Crippen molar-refractivity contribution in [2.45, 2.75) is 43.5 Å². The van der Waals surface area contributed by atoms with Gasteiger partial charge < -0.3 is 5.32 Å². The number of amides is 1. The van der Waals surface area contributed by atoms with Gasteiger partial charge in [-0.25, -0.2) is 0 Å². The molecular weight excluding hydrogens is 278 g/mol. The maximum absolute atomic E-state index is 12.0. The van der Waals surface area contributed by atoms with Crippen LogP contribution in [0, 0.1) is 5.92 Å². The van der Waals surface area contributed by atoms with Gasteiger partial charge in [0.25, 0.3) is 0 Å². The third kappa shape index (κ3) is 4.73. The molecule has 2 rings (SSSR count). The lowest BCUT2D eigenvalue weighted by Gasteiger charge is -2.29. The van der Waals surface area contributed by atoms with Gasteiger partial charge in [0, 0.05) is 16.0 Å². The number of nitrogens with one attached hydrogen (secondary N) is 1. The van der Waals surface area contributed by atoms with Gasteiger partial charge in [-0.2, -0.15) is 0 Å². The van der Waals surface area contributed by atoms with E-state index in [9.17, 15) is 4.79 Å². The molecule has 1 fully saturated rings. The van der Waals surface area contributed by atoms with Gasteiger partial charge in [0.05, 0.1) is 5.75 Å². The Labute approximate surface area is 124 Å². The van der Waals surface area contributed by atoms with Crippen LogP contribution in [0.25, 0.3) is 0 Å². The summed E-state index contributed by atoms with van der Waals surface area (Å²) in [5, 5.41) is 3.87. The van der Waals surface area contributed by atoms with Crippen molar-refractivity contribution < 1.29 is 4.79 Å². The predicted octanol–water partition coefficient (Wildman–Crippen LogP) is 4.13. The first-order chi connectivity index (χ1) is 9.15. The van der Waals surface area contributed by atoms with Crippen LogP contribution in [0.5, 0.6) is 0 Å². The maximum Gasteiger partial charge on any atom is 0.230 e. The highest BCUT2D eigenvalue weighted by Crippen LogP contribution is 2.24. The number of benzene rings is 1. The summed E-state index contributed by atoms with van der Waals surface area (Å²) >= 11 is 7.46.